The number of carbonyl (C=O) groups is 1. The first kappa shape index (κ1) is 16.5. The van der Waals surface area contributed by atoms with Crippen LogP contribution in [0, 0.1) is 0 Å². The van der Waals surface area contributed by atoms with E-state index >= 15 is 0 Å². The van der Waals surface area contributed by atoms with Gasteiger partial charge in [-0.05, 0) is 41.3 Å². The minimum atomic E-state index is -0.113. The first-order valence-corrected chi connectivity index (χ1v) is 9.21. The quantitative estimate of drug-likeness (QED) is 0.706. The van der Waals surface area contributed by atoms with Crippen LogP contribution in [-0.4, -0.2) is 28.5 Å². The molecule has 0 fully saturated rings. The van der Waals surface area contributed by atoms with Crippen LogP contribution in [0.1, 0.15) is 10.4 Å². The third-order valence-corrected chi connectivity index (χ3v) is 4.94. The molecule has 2 aromatic heterocycles. The molecule has 1 aliphatic heterocycles. The van der Waals surface area contributed by atoms with Crippen LogP contribution in [0.2, 0.25) is 0 Å². The second-order valence-electron chi connectivity index (χ2n) is 5.95. The Balaban J connectivity index is 1.34. The molecule has 4 rings (SSSR count). The summed E-state index contributed by atoms with van der Waals surface area (Å²) in [7, 11) is 0. The highest BCUT2D eigenvalue weighted by molar-refractivity contribution is 7.10. The third kappa shape index (κ3) is 3.81. The van der Waals surface area contributed by atoms with Gasteiger partial charge in [0.25, 0.3) is 0 Å². The molecule has 1 atom stereocenters. The SMILES string of the molecule is O=C(/C=C/c1cccs1)NCC1Cc2cc(-c3cnccn3)ccc2O1. The lowest BCUT2D eigenvalue weighted by Crippen LogP contribution is -2.33. The second kappa shape index (κ2) is 7.49. The lowest BCUT2D eigenvalue weighted by molar-refractivity contribution is -0.116. The van der Waals surface area contributed by atoms with Crippen molar-refractivity contribution in [1.82, 2.24) is 15.3 Å². The number of nitrogens with zero attached hydrogens (tertiary/aromatic N) is 2. The number of thiophene rings is 1. The van der Waals surface area contributed by atoms with E-state index in [0.717, 1.165) is 33.9 Å². The Morgan fingerprint density at radius 2 is 2.31 bits per heavy atom. The molecule has 0 aliphatic carbocycles. The number of hydrogen-bond donors (Lipinski definition) is 1. The number of nitrogens with one attached hydrogen (secondary N) is 1. The van der Waals surface area contributed by atoms with Crippen LogP contribution in [0.3, 0.4) is 0 Å². The summed E-state index contributed by atoms with van der Waals surface area (Å²) in [4.78, 5) is 21.4. The van der Waals surface area contributed by atoms with Gasteiger partial charge in [-0.2, -0.15) is 0 Å². The molecule has 130 valence electrons. The monoisotopic (exact) mass is 363 g/mol. The van der Waals surface area contributed by atoms with Gasteiger partial charge in [0.1, 0.15) is 11.9 Å². The van der Waals surface area contributed by atoms with Gasteiger partial charge in [-0.3, -0.25) is 14.8 Å². The zero-order valence-corrected chi connectivity index (χ0v) is 14.8. The maximum atomic E-state index is 11.9. The molecule has 0 saturated heterocycles. The summed E-state index contributed by atoms with van der Waals surface area (Å²) in [6.07, 6.45) is 9.17. The predicted molar refractivity (Wildman–Crippen MR) is 102 cm³/mol. The molecular formula is C20H17N3O2S. The number of carbonyl (C=O) groups excluding carboxylic acids is 1. The molecule has 1 aliphatic rings. The number of rotatable bonds is 5. The Morgan fingerprint density at radius 3 is 3.12 bits per heavy atom. The summed E-state index contributed by atoms with van der Waals surface area (Å²) in [5.41, 5.74) is 2.98. The Hall–Kier alpha value is -2.99. The van der Waals surface area contributed by atoms with Gasteiger partial charge < -0.3 is 10.1 Å². The van der Waals surface area contributed by atoms with Gasteiger partial charge in [0.05, 0.1) is 18.4 Å². The van der Waals surface area contributed by atoms with Gasteiger partial charge in [0.2, 0.25) is 5.91 Å². The van der Waals surface area contributed by atoms with E-state index in [-0.39, 0.29) is 12.0 Å². The van der Waals surface area contributed by atoms with Crippen LogP contribution in [0.25, 0.3) is 17.3 Å². The van der Waals surface area contributed by atoms with Crippen molar-refractivity contribution in [1.29, 1.82) is 0 Å². The second-order valence-corrected chi connectivity index (χ2v) is 6.93. The van der Waals surface area contributed by atoms with Crippen molar-refractivity contribution in [3.05, 3.63) is 70.8 Å². The first-order valence-electron chi connectivity index (χ1n) is 8.33. The summed E-state index contributed by atoms with van der Waals surface area (Å²) >= 11 is 1.60. The van der Waals surface area contributed by atoms with E-state index in [1.165, 1.54) is 0 Å². The summed E-state index contributed by atoms with van der Waals surface area (Å²) in [5.74, 6) is 0.754. The van der Waals surface area contributed by atoms with Gasteiger partial charge in [-0.25, -0.2) is 0 Å². The van der Waals surface area contributed by atoms with E-state index in [9.17, 15) is 4.79 Å². The van der Waals surface area contributed by atoms with E-state index in [0.29, 0.717) is 6.54 Å². The molecule has 6 heteroatoms. The molecule has 1 amide bonds. The van der Waals surface area contributed by atoms with Crippen molar-refractivity contribution < 1.29 is 9.53 Å². The molecule has 1 unspecified atom stereocenters. The highest BCUT2D eigenvalue weighted by Crippen LogP contribution is 2.32. The number of benzene rings is 1. The van der Waals surface area contributed by atoms with Crippen molar-refractivity contribution in [3.8, 4) is 17.0 Å². The zero-order valence-electron chi connectivity index (χ0n) is 14.0. The van der Waals surface area contributed by atoms with Crippen LogP contribution in [0.4, 0.5) is 0 Å². The molecule has 3 aromatic rings. The summed E-state index contributed by atoms with van der Waals surface area (Å²) in [5, 5.41) is 4.88. The van der Waals surface area contributed by atoms with Crippen molar-refractivity contribution in [2.75, 3.05) is 6.54 Å². The van der Waals surface area contributed by atoms with Crippen molar-refractivity contribution >= 4 is 23.3 Å². The van der Waals surface area contributed by atoms with Gasteiger partial charge in [0, 0.05) is 35.3 Å². The number of ether oxygens (including phenoxy) is 1. The number of hydrogen-bond acceptors (Lipinski definition) is 5. The first-order chi connectivity index (χ1) is 12.8. The molecule has 0 spiro atoms. The van der Waals surface area contributed by atoms with Gasteiger partial charge >= 0.3 is 0 Å². The zero-order chi connectivity index (χ0) is 17.8. The van der Waals surface area contributed by atoms with E-state index in [1.807, 2.05) is 35.7 Å². The minimum absolute atomic E-state index is 0.0544. The number of amides is 1. The summed E-state index contributed by atoms with van der Waals surface area (Å²) in [6, 6.07) is 9.95. The molecule has 26 heavy (non-hydrogen) atoms. The molecule has 1 N–H and O–H groups in total. The van der Waals surface area contributed by atoms with E-state index in [1.54, 1.807) is 36.0 Å². The van der Waals surface area contributed by atoms with E-state index in [2.05, 4.69) is 21.4 Å². The van der Waals surface area contributed by atoms with Crippen LogP contribution in [0.15, 0.2) is 60.4 Å². The smallest absolute Gasteiger partial charge is 0.244 e. The summed E-state index contributed by atoms with van der Waals surface area (Å²) < 4.78 is 5.93. The van der Waals surface area contributed by atoms with Crippen molar-refractivity contribution in [2.45, 2.75) is 12.5 Å². The minimum Gasteiger partial charge on any atom is -0.488 e. The van der Waals surface area contributed by atoms with Crippen LogP contribution >= 0.6 is 11.3 Å². The molecule has 0 radical (unpaired) electrons. The summed E-state index contributed by atoms with van der Waals surface area (Å²) in [6.45, 7) is 0.475. The highest BCUT2D eigenvalue weighted by atomic mass is 32.1. The number of aromatic nitrogens is 2. The molecule has 0 bridgehead atoms. The average molecular weight is 363 g/mol. The molecule has 1 aromatic carbocycles. The average Bonchev–Trinajstić information content (AvgIpc) is 3.34. The molecular weight excluding hydrogens is 346 g/mol. The van der Waals surface area contributed by atoms with Crippen LogP contribution in [-0.2, 0) is 11.2 Å². The maximum Gasteiger partial charge on any atom is 0.244 e. The van der Waals surface area contributed by atoms with E-state index in [4.69, 9.17) is 4.74 Å². The lowest BCUT2D eigenvalue weighted by atomic mass is 10.0. The van der Waals surface area contributed by atoms with Crippen LogP contribution < -0.4 is 10.1 Å². The maximum absolute atomic E-state index is 11.9. The van der Waals surface area contributed by atoms with Gasteiger partial charge in [-0.1, -0.05) is 6.07 Å². The van der Waals surface area contributed by atoms with Crippen molar-refractivity contribution in [2.24, 2.45) is 0 Å². The molecule has 0 saturated carbocycles. The molecule has 3 heterocycles. The highest BCUT2D eigenvalue weighted by Gasteiger charge is 2.23. The Morgan fingerprint density at radius 1 is 1.35 bits per heavy atom. The van der Waals surface area contributed by atoms with Crippen LogP contribution in [0.5, 0.6) is 5.75 Å². The van der Waals surface area contributed by atoms with Gasteiger partial charge in [-0.15, -0.1) is 11.3 Å². The Bertz CT molecular complexity index is 923. The normalized spacial score (nSPS) is 15.6. The predicted octanol–water partition coefficient (Wildman–Crippen LogP) is 3.34. The number of fused-ring (bicyclic) bond motifs is 1. The Labute approximate surface area is 155 Å². The topological polar surface area (TPSA) is 64.1 Å². The largest absolute Gasteiger partial charge is 0.488 e. The standard InChI is InChI=1S/C20H17N3O2S/c24-20(6-4-17-2-1-9-26-17)23-12-16-11-15-10-14(3-5-19(15)25-16)18-13-21-7-8-22-18/h1-10,13,16H,11-12H2,(H,23,24)/b6-4+. The van der Waals surface area contributed by atoms with Crippen molar-refractivity contribution in [3.63, 3.8) is 0 Å². The molecule has 5 nitrogen and oxygen atoms in total. The fraction of sp³-hybridized carbons (Fsp3) is 0.150. The fourth-order valence-corrected chi connectivity index (χ4v) is 3.48. The van der Waals surface area contributed by atoms with E-state index < -0.39 is 0 Å². The Kier molecular flexibility index (Phi) is 4.75. The fourth-order valence-electron chi connectivity index (χ4n) is 2.86. The lowest BCUT2D eigenvalue weighted by Gasteiger charge is -2.10. The third-order valence-electron chi connectivity index (χ3n) is 4.11. The van der Waals surface area contributed by atoms with Gasteiger partial charge in [0.15, 0.2) is 0 Å².